The van der Waals surface area contributed by atoms with Crippen molar-refractivity contribution in [1.82, 2.24) is 15.2 Å². The van der Waals surface area contributed by atoms with Crippen LogP contribution in [0, 0.1) is 0 Å². The van der Waals surface area contributed by atoms with E-state index in [-0.39, 0.29) is 5.91 Å². The summed E-state index contributed by atoms with van der Waals surface area (Å²) in [5.74, 6) is -0.805. The molecule has 6 heteroatoms. The van der Waals surface area contributed by atoms with Crippen LogP contribution in [0.3, 0.4) is 0 Å². The number of fused-ring (bicyclic) bond motifs is 1. The Kier molecular flexibility index (Phi) is 3.61. The highest BCUT2D eigenvalue weighted by Gasteiger charge is 2.14. The molecule has 0 saturated heterocycles. The molecular weight excluding hydrogens is 286 g/mol. The van der Waals surface area contributed by atoms with Gasteiger partial charge in [0, 0.05) is 10.9 Å². The van der Waals surface area contributed by atoms with Gasteiger partial charge < -0.3 is 0 Å². The topological polar surface area (TPSA) is 71.1 Å². The summed E-state index contributed by atoms with van der Waals surface area (Å²) in [5, 5.41) is 0.772. The first-order valence-corrected chi connectivity index (χ1v) is 7.03. The minimum atomic E-state index is -0.434. The molecule has 104 valence electrons. The molecule has 0 spiro atoms. The van der Waals surface area contributed by atoms with Gasteiger partial charge in [0.25, 0.3) is 11.8 Å². The monoisotopic (exact) mass is 297 g/mol. The minimum Gasteiger partial charge on any atom is -0.267 e. The Hall–Kier alpha value is -2.73. The average Bonchev–Trinajstić information content (AvgIpc) is 2.97. The molecular formula is C15H11N3O2S. The van der Waals surface area contributed by atoms with E-state index in [0.29, 0.717) is 11.3 Å². The molecule has 0 unspecified atom stereocenters. The van der Waals surface area contributed by atoms with Gasteiger partial charge >= 0.3 is 0 Å². The van der Waals surface area contributed by atoms with Gasteiger partial charge in [-0.2, -0.15) is 4.37 Å². The number of benzene rings is 2. The zero-order valence-electron chi connectivity index (χ0n) is 10.9. The van der Waals surface area contributed by atoms with E-state index in [0.717, 1.165) is 10.1 Å². The summed E-state index contributed by atoms with van der Waals surface area (Å²) < 4.78 is 5.05. The van der Waals surface area contributed by atoms with Crippen molar-refractivity contribution in [3.63, 3.8) is 0 Å². The largest absolute Gasteiger partial charge is 0.290 e. The van der Waals surface area contributed by atoms with Gasteiger partial charge in [-0.1, -0.05) is 36.4 Å². The fourth-order valence-electron chi connectivity index (χ4n) is 1.88. The molecule has 0 radical (unpaired) electrons. The Labute approximate surface area is 124 Å². The number of aromatic nitrogens is 1. The Morgan fingerprint density at radius 1 is 0.857 bits per heavy atom. The lowest BCUT2D eigenvalue weighted by molar-refractivity contribution is 0.0845. The van der Waals surface area contributed by atoms with Crippen LogP contribution in [0.5, 0.6) is 0 Å². The van der Waals surface area contributed by atoms with Gasteiger partial charge in [-0.25, -0.2) is 0 Å². The number of nitrogens with zero attached hydrogens (tertiary/aromatic N) is 1. The fraction of sp³-hybridized carbons (Fsp3) is 0. The van der Waals surface area contributed by atoms with E-state index < -0.39 is 5.91 Å². The summed E-state index contributed by atoms with van der Waals surface area (Å²) in [5.41, 5.74) is 5.54. The molecule has 2 aromatic carbocycles. The van der Waals surface area contributed by atoms with Crippen LogP contribution in [0.4, 0.5) is 0 Å². The van der Waals surface area contributed by atoms with Crippen molar-refractivity contribution >= 4 is 33.4 Å². The van der Waals surface area contributed by atoms with Crippen LogP contribution >= 0.6 is 11.5 Å². The van der Waals surface area contributed by atoms with Gasteiger partial charge in [-0.05, 0) is 29.7 Å². The highest BCUT2D eigenvalue weighted by molar-refractivity contribution is 7.13. The van der Waals surface area contributed by atoms with Crippen molar-refractivity contribution in [2.45, 2.75) is 0 Å². The van der Waals surface area contributed by atoms with Crippen molar-refractivity contribution in [2.75, 3.05) is 0 Å². The molecule has 0 bridgehead atoms. The van der Waals surface area contributed by atoms with Crippen LogP contribution < -0.4 is 10.9 Å². The third-order valence-corrected chi connectivity index (χ3v) is 3.74. The van der Waals surface area contributed by atoms with Gasteiger partial charge in [0.15, 0.2) is 5.69 Å². The van der Waals surface area contributed by atoms with E-state index in [1.54, 1.807) is 24.3 Å². The standard InChI is InChI=1S/C15H11N3O2S/c19-14(10-6-2-1-3-7-10)16-17-15(20)13-11-8-4-5-9-12(11)21-18-13/h1-9H,(H,16,19)(H,17,20). The van der Waals surface area contributed by atoms with Gasteiger partial charge in [0.1, 0.15) is 0 Å². The predicted octanol–water partition coefficient (Wildman–Crippen LogP) is 2.37. The molecule has 3 aromatic rings. The third-order valence-electron chi connectivity index (χ3n) is 2.92. The normalized spacial score (nSPS) is 10.3. The predicted molar refractivity (Wildman–Crippen MR) is 81.0 cm³/mol. The zero-order chi connectivity index (χ0) is 14.7. The molecule has 0 aliphatic carbocycles. The molecule has 5 nitrogen and oxygen atoms in total. The van der Waals surface area contributed by atoms with Crippen LogP contribution in [-0.2, 0) is 0 Å². The second kappa shape index (κ2) is 5.72. The second-order valence-corrected chi connectivity index (χ2v) is 5.11. The summed E-state index contributed by atoms with van der Waals surface area (Å²) in [6.07, 6.45) is 0. The molecule has 1 heterocycles. The SMILES string of the molecule is O=C(NNC(=O)c1nsc2ccccc12)c1ccccc1. The number of hydrogen-bond acceptors (Lipinski definition) is 4. The van der Waals surface area contributed by atoms with Crippen LogP contribution in [0.2, 0.25) is 0 Å². The highest BCUT2D eigenvalue weighted by Crippen LogP contribution is 2.21. The van der Waals surface area contributed by atoms with E-state index in [1.165, 1.54) is 11.5 Å². The van der Waals surface area contributed by atoms with E-state index in [9.17, 15) is 9.59 Å². The quantitative estimate of drug-likeness (QED) is 0.713. The van der Waals surface area contributed by atoms with Gasteiger partial charge in [-0.15, -0.1) is 0 Å². The first kappa shape index (κ1) is 13.3. The fourth-order valence-corrected chi connectivity index (χ4v) is 2.66. The summed E-state index contributed by atoms with van der Waals surface area (Å²) in [4.78, 5) is 23.9. The summed E-state index contributed by atoms with van der Waals surface area (Å²) in [7, 11) is 0. The number of carbonyl (C=O) groups is 2. The molecule has 0 aliphatic rings. The molecule has 0 saturated carbocycles. The van der Waals surface area contributed by atoms with Crippen LogP contribution in [0.1, 0.15) is 20.8 Å². The maximum atomic E-state index is 12.1. The van der Waals surface area contributed by atoms with E-state index in [4.69, 9.17) is 0 Å². The number of nitrogens with one attached hydrogen (secondary N) is 2. The smallest absolute Gasteiger partial charge is 0.267 e. The van der Waals surface area contributed by atoms with Gasteiger partial charge in [0.05, 0.1) is 4.70 Å². The Bertz CT molecular complexity index is 799. The average molecular weight is 297 g/mol. The zero-order valence-corrected chi connectivity index (χ0v) is 11.7. The number of carbonyl (C=O) groups excluding carboxylic acids is 2. The maximum absolute atomic E-state index is 12.1. The Balaban J connectivity index is 1.71. The van der Waals surface area contributed by atoms with Gasteiger partial charge in [0.2, 0.25) is 0 Å². The van der Waals surface area contributed by atoms with Crippen molar-refractivity contribution in [2.24, 2.45) is 0 Å². The number of amides is 2. The summed E-state index contributed by atoms with van der Waals surface area (Å²) in [6, 6.07) is 16.1. The number of hydrazine groups is 1. The molecule has 3 rings (SSSR count). The van der Waals surface area contributed by atoms with E-state index >= 15 is 0 Å². The Morgan fingerprint density at radius 3 is 2.33 bits per heavy atom. The lowest BCUT2D eigenvalue weighted by Gasteiger charge is -2.06. The van der Waals surface area contributed by atoms with Crippen LogP contribution in [0.15, 0.2) is 54.6 Å². The lowest BCUT2D eigenvalue weighted by atomic mass is 10.2. The number of rotatable bonds is 2. The van der Waals surface area contributed by atoms with Crippen LogP contribution in [-0.4, -0.2) is 16.2 Å². The minimum absolute atomic E-state index is 0.309. The molecule has 0 fully saturated rings. The first-order valence-electron chi connectivity index (χ1n) is 6.26. The first-order chi connectivity index (χ1) is 10.3. The highest BCUT2D eigenvalue weighted by atomic mass is 32.1. The molecule has 0 aliphatic heterocycles. The third kappa shape index (κ3) is 2.75. The maximum Gasteiger partial charge on any atom is 0.290 e. The number of hydrogen-bond donors (Lipinski definition) is 2. The summed E-state index contributed by atoms with van der Waals surface area (Å²) in [6.45, 7) is 0. The summed E-state index contributed by atoms with van der Waals surface area (Å²) >= 11 is 1.25. The van der Waals surface area contributed by atoms with Gasteiger partial charge in [-0.3, -0.25) is 20.4 Å². The Morgan fingerprint density at radius 2 is 1.52 bits per heavy atom. The molecule has 2 amide bonds. The lowest BCUT2D eigenvalue weighted by Crippen LogP contribution is -2.41. The van der Waals surface area contributed by atoms with Crippen molar-refractivity contribution in [3.05, 3.63) is 65.9 Å². The van der Waals surface area contributed by atoms with E-state index in [1.807, 2.05) is 30.3 Å². The van der Waals surface area contributed by atoms with Crippen molar-refractivity contribution < 1.29 is 9.59 Å². The molecule has 2 N–H and O–H groups in total. The molecule has 0 atom stereocenters. The van der Waals surface area contributed by atoms with E-state index in [2.05, 4.69) is 15.2 Å². The molecule has 1 aromatic heterocycles. The molecule has 21 heavy (non-hydrogen) atoms. The van der Waals surface area contributed by atoms with Crippen molar-refractivity contribution in [3.8, 4) is 0 Å². The van der Waals surface area contributed by atoms with Crippen molar-refractivity contribution in [1.29, 1.82) is 0 Å². The second-order valence-electron chi connectivity index (χ2n) is 4.30. The van der Waals surface area contributed by atoms with Crippen LogP contribution in [0.25, 0.3) is 10.1 Å².